The number of nitrogens with zero attached hydrogens (tertiary/aromatic N) is 2. The highest BCUT2D eigenvalue weighted by Crippen LogP contribution is 2.26. The number of fused-ring (bicyclic) bond motifs is 1. The van der Waals surface area contributed by atoms with Crippen LogP contribution in [0.4, 0.5) is 4.79 Å². The molecule has 29 heavy (non-hydrogen) atoms. The number of aryl methyl sites for hydroxylation is 1. The van der Waals surface area contributed by atoms with Crippen molar-refractivity contribution in [2.45, 2.75) is 64.9 Å². The van der Waals surface area contributed by atoms with Gasteiger partial charge in [-0.25, -0.2) is 22.6 Å². The van der Waals surface area contributed by atoms with Crippen molar-refractivity contribution in [1.29, 1.82) is 5.41 Å². The van der Waals surface area contributed by atoms with Crippen LogP contribution in [0, 0.1) is 10.8 Å². The van der Waals surface area contributed by atoms with Crippen LogP contribution in [0.15, 0.2) is 23.0 Å². The SMILES string of the molecule is CC(C)(C)N/C(=C\C(=N)C(C)(C)C)NC(=O)NS(=O)(=O)c1cnn2c1OCCC2. The van der Waals surface area contributed by atoms with Gasteiger partial charge in [0.25, 0.3) is 10.0 Å². The molecule has 10 nitrogen and oxygen atoms in total. The van der Waals surface area contributed by atoms with Gasteiger partial charge < -0.3 is 15.5 Å². The predicted octanol–water partition coefficient (Wildman–Crippen LogP) is 1.95. The fourth-order valence-corrected chi connectivity index (χ4v) is 3.41. The summed E-state index contributed by atoms with van der Waals surface area (Å²) in [5, 5.41) is 17.7. The minimum atomic E-state index is -4.18. The molecule has 0 fully saturated rings. The summed E-state index contributed by atoms with van der Waals surface area (Å²) in [4.78, 5) is 12.2. The lowest BCUT2D eigenvalue weighted by atomic mass is 9.90. The molecule has 0 atom stereocenters. The van der Waals surface area contributed by atoms with E-state index in [1.165, 1.54) is 10.8 Å². The Bertz CT molecular complexity index is 919. The van der Waals surface area contributed by atoms with E-state index >= 15 is 0 Å². The fraction of sp³-hybridized carbons (Fsp3) is 0.611. The third kappa shape index (κ3) is 6.21. The Hall–Kier alpha value is -2.56. The van der Waals surface area contributed by atoms with Crippen LogP contribution in [-0.2, 0) is 16.6 Å². The summed E-state index contributed by atoms with van der Waals surface area (Å²) in [6.07, 6.45) is 3.37. The van der Waals surface area contributed by atoms with E-state index in [4.69, 9.17) is 10.1 Å². The van der Waals surface area contributed by atoms with E-state index in [0.717, 1.165) is 12.6 Å². The van der Waals surface area contributed by atoms with Crippen molar-refractivity contribution in [3.05, 3.63) is 18.1 Å². The van der Waals surface area contributed by atoms with Gasteiger partial charge in [0.2, 0.25) is 5.88 Å². The lowest BCUT2D eigenvalue weighted by Gasteiger charge is -2.26. The lowest BCUT2D eigenvalue weighted by molar-refractivity contribution is 0.224. The molecule has 1 aliphatic rings. The molecule has 0 saturated carbocycles. The second-order valence-corrected chi connectivity index (χ2v) is 10.5. The van der Waals surface area contributed by atoms with Gasteiger partial charge in [-0.1, -0.05) is 20.8 Å². The standard InChI is InChI=1S/C18H30N6O4S/c1-17(2,3)13(19)10-14(22-18(4,5)6)21-16(25)23-29(26,27)12-11-20-24-8-7-9-28-15(12)24/h10-11,19,22H,7-9H2,1-6H3,(H2,21,23,25)/b14-10-,19-13?. The van der Waals surface area contributed by atoms with Crippen LogP contribution in [0.2, 0.25) is 0 Å². The maximum atomic E-state index is 12.6. The number of allylic oxidation sites excluding steroid dienone is 1. The van der Waals surface area contributed by atoms with E-state index in [1.807, 2.05) is 46.3 Å². The largest absolute Gasteiger partial charge is 0.477 e. The first-order valence-electron chi connectivity index (χ1n) is 9.30. The zero-order chi connectivity index (χ0) is 22.0. The van der Waals surface area contributed by atoms with Crippen LogP contribution in [0.3, 0.4) is 0 Å². The molecule has 11 heteroatoms. The summed E-state index contributed by atoms with van der Waals surface area (Å²) in [7, 11) is -4.18. The van der Waals surface area contributed by atoms with Crippen molar-refractivity contribution < 1.29 is 17.9 Å². The minimum Gasteiger partial charge on any atom is -0.477 e. The minimum absolute atomic E-state index is 0.120. The van der Waals surface area contributed by atoms with Crippen molar-refractivity contribution in [3.8, 4) is 5.88 Å². The van der Waals surface area contributed by atoms with E-state index in [-0.39, 0.29) is 22.3 Å². The number of rotatable bonds is 5. The average Bonchev–Trinajstić information content (AvgIpc) is 2.96. The Kier molecular flexibility index (Phi) is 6.31. The van der Waals surface area contributed by atoms with Crippen molar-refractivity contribution in [3.63, 3.8) is 0 Å². The van der Waals surface area contributed by atoms with E-state index in [9.17, 15) is 13.2 Å². The van der Waals surface area contributed by atoms with Gasteiger partial charge >= 0.3 is 6.03 Å². The summed E-state index contributed by atoms with van der Waals surface area (Å²) in [5.41, 5.74) is -0.592. The van der Waals surface area contributed by atoms with Gasteiger partial charge in [-0.15, -0.1) is 0 Å². The number of ether oxygens (including phenoxy) is 1. The monoisotopic (exact) mass is 426 g/mol. The second kappa shape index (κ2) is 8.05. The van der Waals surface area contributed by atoms with Crippen LogP contribution in [-0.4, -0.2) is 42.1 Å². The Morgan fingerprint density at radius 3 is 2.52 bits per heavy atom. The molecular formula is C18H30N6O4S. The highest BCUT2D eigenvalue weighted by atomic mass is 32.2. The molecule has 0 saturated heterocycles. The first kappa shape index (κ1) is 22.7. The highest BCUT2D eigenvalue weighted by molar-refractivity contribution is 7.90. The normalized spacial score (nSPS) is 15.2. The zero-order valence-corrected chi connectivity index (χ0v) is 18.5. The molecule has 0 radical (unpaired) electrons. The number of carbonyl (C=O) groups excluding carboxylic acids is 1. The van der Waals surface area contributed by atoms with Crippen LogP contribution < -0.4 is 20.1 Å². The number of urea groups is 1. The second-order valence-electron chi connectivity index (χ2n) is 8.90. The Balaban J connectivity index is 2.20. The van der Waals surface area contributed by atoms with Crippen molar-refractivity contribution in [1.82, 2.24) is 25.1 Å². The number of amides is 2. The third-order valence-corrected chi connectivity index (χ3v) is 5.20. The van der Waals surface area contributed by atoms with Gasteiger partial charge in [-0.05, 0) is 26.8 Å². The maximum absolute atomic E-state index is 12.6. The van der Waals surface area contributed by atoms with E-state index in [2.05, 4.69) is 15.7 Å². The number of hydrogen-bond acceptors (Lipinski definition) is 7. The Morgan fingerprint density at radius 2 is 1.93 bits per heavy atom. The molecule has 1 aliphatic heterocycles. The zero-order valence-electron chi connectivity index (χ0n) is 17.7. The molecule has 0 bridgehead atoms. The molecule has 0 unspecified atom stereocenters. The molecule has 162 valence electrons. The highest BCUT2D eigenvalue weighted by Gasteiger charge is 2.29. The van der Waals surface area contributed by atoms with E-state index < -0.39 is 27.0 Å². The van der Waals surface area contributed by atoms with Gasteiger partial charge in [-0.2, -0.15) is 5.10 Å². The van der Waals surface area contributed by atoms with E-state index in [1.54, 1.807) is 0 Å². The average molecular weight is 427 g/mol. The smallest absolute Gasteiger partial charge is 0.334 e. The summed E-state index contributed by atoms with van der Waals surface area (Å²) in [6, 6.07) is -0.953. The van der Waals surface area contributed by atoms with Crippen LogP contribution >= 0.6 is 0 Å². The Morgan fingerprint density at radius 1 is 1.28 bits per heavy atom. The number of hydrogen-bond donors (Lipinski definition) is 4. The van der Waals surface area contributed by atoms with Crippen molar-refractivity contribution in [2.75, 3.05) is 6.61 Å². The quantitative estimate of drug-likeness (QED) is 0.531. The van der Waals surface area contributed by atoms with Gasteiger partial charge in [0.15, 0.2) is 4.90 Å². The molecule has 0 aromatic carbocycles. The summed E-state index contributed by atoms with van der Waals surface area (Å²) in [6.45, 7) is 12.2. The van der Waals surface area contributed by atoms with Crippen LogP contribution in [0.25, 0.3) is 0 Å². The van der Waals surface area contributed by atoms with Crippen LogP contribution in [0.5, 0.6) is 5.88 Å². The number of nitrogens with one attached hydrogen (secondary N) is 4. The third-order valence-electron chi connectivity index (χ3n) is 3.88. The number of sulfonamides is 1. The van der Waals surface area contributed by atoms with Crippen molar-refractivity contribution in [2.24, 2.45) is 5.41 Å². The van der Waals surface area contributed by atoms with Gasteiger partial charge in [0.1, 0.15) is 5.82 Å². The summed E-state index contributed by atoms with van der Waals surface area (Å²) < 4.78 is 34.1. The molecule has 0 aliphatic carbocycles. The fourth-order valence-electron chi connectivity index (χ4n) is 2.42. The number of aromatic nitrogens is 2. The number of carbonyl (C=O) groups is 1. The molecular weight excluding hydrogens is 396 g/mol. The molecule has 1 aromatic rings. The molecule has 2 heterocycles. The topological polar surface area (TPSA) is 138 Å². The summed E-state index contributed by atoms with van der Waals surface area (Å²) >= 11 is 0. The van der Waals surface area contributed by atoms with Gasteiger partial charge in [0, 0.05) is 29.6 Å². The van der Waals surface area contributed by atoms with Crippen molar-refractivity contribution >= 4 is 21.8 Å². The van der Waals surface area contributed by atoms with Gasteiger partial charge in [-0.3, -0.25) is 5.32 Å². The first-order chi connectivity index (χ1) is 13.2. The molecule has 2 amide bonds. The molecule has 2 rings (SSSR count). The lowest BCUT2D eigenvalue weighted by Crippen LogP contribution is -2.46. The predicted molar refractivity (Wildman–Crippen MR) is 109 cm³/mol. The van der Waals surface area contributed by atoms with Gasteiger partial charge in [0.05, 0.1) is 12.8 Å². The Labute approximate surface area is 171 Å². The first-order valence-corrected chi connectivity index (χ1v) is 10.8. The molecule has 1 aromatic heterocycles. The van der Waals surface area contributed by atoms with E-state index in [0.29, 0.717) is 13.2 Å². The summed E-state index contributed by atoms with van der Waals surface area (Å²) in [5.74, 6) is 0.341. The van der Waals surface area contributed by atoms with Crippen LogP contribution in [0.1, 0.15) is 48.0 Å². The maximum Gasteiger partial charge on any atom is 0.334 e. The molecule has 0 spiro atoms. The molecule has 4 N–H and O–H groups in total.